The highest BCUT2D eigenvalue weighted by Gasteiger charge is 2.30. The van der Waals surface area contributed by atoms with Gasteiger partial charge in [0.05, 0.1) is 13.2 Å². The number of carbonyl (C=O) groups is 1. The lowest BCUT2D eigenvalue weighted by Gasteiger charge is -2.36. The first-order chi connectivity index (χ1) is 15.3. The molecular formula is C22H33N7O2. The summed E-state index contributed by atoms with van der Waals surface area (Å²) in [6, 6.07) is 5.93. The fraction of sp³-hybridized carbons (Fsp3) is 0.636. The Balaban J connectivity index is 1.27. The number of carbonyl (C=O) groups excluding carboxylic acids is 1. The zero-order valence-corrected chi connectivity index (χ0v) is 18.4. The fourth-order valence-corrected chi connectivity index (χ4v) is 4.29. The van der Waals surface area contributed by atoms with Crippen molar-refractivity contribution in [2.45, 2.75) is 32.6 Å². The Morgan fingerprint density at radius 2 is 1.97 bits per heavy atom. The van der Waals surface area contributed by atoms with Crippen LogP contribution >= 0.6 is 0 Å². The van der Waals surface area contributed by atoms with Gasteiger partial charge in [0, 0.05) is 57.8 Å². The molecule has 9 heteroatoms. The maximum atomic E-state index is 12.8. The quantitative estimate of drug-likeness (QED) is 0.423. The standard InChI is InChI=1S/C22H33N7O2/c1-2-23-22(24-10-5-7-20-26-25-19-6-3-4-11-29(19)20)28-12-8-18(9-13-28)21(30)27-14-16-31-17-15-27/h3-4,6,11,18H,2,5,7-10,12-17H2,1H3,(H,23,24). The molecule has 4 heterocycles. The summed E-state index contributed by atoms with van der Waals surface area (Å²) in [6.07, 6.45) is 5.51. The van der Waals surface area contributed by atoms with Crippen molar-refractivity contribution in [1.82, 2.24) is 29.7 Å². The molecule has 168 valence electrons. The van der Waals surface area contributed by atoms with E-state index in [4.69, 9.17) is 9.73 Å². The predicted octanol–water partition coefficient (Wildman–Crippen LogP) is 1.20. The summed E-state index contributed by atoms with van der Waals surface area (Å²) in [4.78, 5) is 21.9. The molecule has 0 radical (unpaired) electrons. The Labute approximate surface area is 183 Å². The van der Waals surface area contributed by atoms with Crippen LogP contribution < -0.4 is 5.32 Å². The second-order valence-corrected chi connectivity index (χ2v) is 8.08. The van der Waals surface area contributed by atoms with Gasteiger partial charge in [0.2, 0.25) is 5.91 Å². The van der Waals surface area contributed by atoms with Crippen LogP contribution in [0.25, 0.3) is 5.65 Å². The first kappa shape index (κ1) is 21.5. The molecule has 2 aliphatic rings. The van der Waals surface area contributed by atoms with E-state index in [9.17, 15) is 4.79 Å². The zero-order valence-electron chi connectivity index (χ0n) is 18.4. The molecule has 0 unspecified atom stereocenters. The van der Waals surface area contributed by atoms with Gasteiger partial charge in [-0.3, -0.25) is 14.2 Å². The van der Waals surface area contributed by atoms with Crippen molar-refractivity contribution in [3.8, 4) is 0 Å². The van der Waals surface area contributed by atoms with E-state index in [1.54, 1.807) is 0 Å². The van der Waals surface area contributed by atoms with Crippen molar-refractivity contribution in [1.29, 1.82) is 0 Å². The summed E-state index contributed by atoms with van der Waals surface area (Å²) in [7, 11) is 0. The largest absolute Gasteiger partial charge is 0.378 e. The predicted molar refractivity (Wildman–Crippen MR) is 119 cm³/mol. The molecule has 0 aromatic carbocycles. The number of amides is 1. The van der Waals surface area contributed by atoms with Gasteiger partial charge >= 0.3 is 0 Å². The molecule has 0 atom stereocenters. The number of morpholine rings is 1. The molecule has 1 amide bonds. The number of rotatable bonds is 6. The maximum absolute atomic E-state index is 12.8. The van der Waals surface area contributed by atoms with Crippen LogP contribution in [-0.4, -0.2) is 88.7 Å². The van der Waals surface area contributed by atoms with Gasteiger partial charge in [-0.05, 0) is 38.3 Å². The first-order valence-electron chi connectivity index (χ1n) is 11.4. The average Bonchev–Trinajstić information content (AvgIpc) is 3.24. The number of nitrogens with one attached hydrogen (secondary N) is 1. The number of aromatic nitrogens is 3. The summed E-state index contributed by atoms with van der Waals surface area (Å²) in [6.45, 7) is 8.15. The molecule has 0 spiro atoms. The minimum atomic E-state index is 0.124. The summed E-state index contributed by atoms with van der Waals surface area (Å²) in [5, 5.41) is 11.9. The third-order valence-electron chi connectivity index (χ3n) is 6.01. The Kier molecular flexibility index (Phi) is 7.35. The van der Waals surface area contributed by atoms with Crippen LogP contribution in [0.4, 0.5) is 0 Å². The van der Waals surface area contributed by atoms with E-state index < -0.39 is 0 Å². The monoisotopic (exact) mass is 427 g/mol. The normalized spacial score (nSPS) is 18.5. The molecule has 2 aromatic rings. The average molecular weight is 428 g/mol. The number of guanidine groups is 1. The third-order valence-corrected chi connectivity index (χ3v) is 6.01. The highest BCUT2D eigenvalue weighted by molar-refractivity contribution is 5.81. The van der Waals surface area contributed by atoms with E-state index in [0.29, 0.717) is 19.1 Å². The zero-order chi connectivity index (χ0) is 21.5. The fourth-order valence-electron chi connectivity index (χ4n) is 4.29. The van der Waals surface area contributed by atoms with E-state index in [1.807, 2.05) is 33.7 Å². The van der Waals surface area contributed by atoms with Crippen molar-refractivity contribution >= 4 is 17.5 Å². The van der Waals surface area contributed by atoms with Crippen LogP contribution in [0.3, 0.4) is 0 Å². The van der Waals surface area contributed by atoms with Crippen LogP contribution in [0.1, 0.15) is 32.0 Å². The SMILES string of the molecule is CCNC(=NCCCc1nnc2ccccn12)N1CCC(C(=O)N2CCOCC2)CC1. The van der Waals surface area contributed by atoms with Crippen molar-refractivity contribution < 1.29 is 9.53 Å². The first-order valence-corrected chi connectivity index (χ1v) is 11.4. The lowest BCUT2D eigenvalue weighted by Crippen LogP contribution is -2.50. The van der Waals surface area contributed by atoms with Gasteiger partial charge in [0.25, 0.3) is 0 Å². The molecule has 2 saturated heterocycles. The van der Waals surface area contributed by atoms with Crippen molar-refractivity contribution in [2.75, 3.05) is 52.5 Å². The Hall–Kier alpha value is -2.68. The van der Waals surface area contributed by atoms with Gasteiger partial charge in [-0.25, -0.2) is 0 Å². The van der Waals surface area contributed by atoms with E-state index >= 15 is 0 Å². The Morgan fingerprint density at radius 3 is 2.74 bits per heavy atom. The molecule has 4 rings (SSSR count). The number of hydrogen-bond donors (Lipinski definition) is 1. The smallest absolute Gasteiger partial charge is 0.225 e. The van der Waals surface area contributed by atoms with Gasteiger partial charge in [-0.1, -0.05) is 6.07 Å². The second kappa shape index (κ2) is 10.6. The van der Waals surface area contributed by atoms with Crippen molar-refractivity contribution in [2.24, 2.45) is 10.9 Å². The summed E-state index contributed by atoms with van der Waals surface area (Å²) >= 11 is 0. The van der Waals surface area contributed by atoms with E-state index in [0.717, 1.165) is 82.4 Å². The molecule has 2 aliphatic heterocycles. The number of hydrogen-bond acceptors (Lipinski definition) is 5. The van der Waals surface area contributed by atoms with Gasteiger partial charge in [0.15, 0.2) is 11.6 Å². The molecule has 9 nitrogen and oxygen atoms in total. The highest BCUT2D eigenvalue weighted by Crippen LogP contribution is 2.20. The van der Waals surface area contributed by atoms with Crippen molar-refractivity contribution in [3.63, 3.8) is 0 Å². The molecular weight excluding hydrogens is 394 g/mol. The van der Waals surface area contributed by atoms with E-state index in [-0.39, 0.29) is 5.92 Å². The molecule has 2 fully saturated rings. The molecule has 0 saturated carbocycles. The summed E-state index contributed by atoms with van der Waals surface area (Å²) in [5.74, 6) is 2.34. The number of piperidine rings is 1. The minimum Gasteiger partial charge on any atom is -0.378 e. The minimum absolute atomic E-state index is 0.124. The van der Waals surface area contributed by atoms with Crippen LogP contribution in [0.15, 0.2) is 29.4 Å². The van der Waals surface area contributed by atoms with Crippen LogP contribution in [0.5, 0.6) is 0 Å². The van der Waals surface area contributed by atoms with Crippen LogP contribution in [-0.2, 0) is 16.0 Å². The van der Waals surface area contributed by atoms with Crippen molar-refractivity contribution in [3.05, 3.63) is 30.2 Å². The number of likely N-dealkylation sites (tertiary alicyclic amines) is 1. The molecule has 0 aliphatic carbocycles. The Morgan fingerprint density at radius 1 is 1.16 bits per heavy atom. The number of aryl methyl sites for hydroxylation is 1. The van der Waals surface area contributed by atoms with Gasteiger partial charge in [0.1, 0.15) is 5.82 Å². The van der Waals surface area contributed by atoms with Crippen LogP contribution in [0.2, 0.25) is 0 Å². The second-order valence-electron chi connectivity index (χ2n) is 8.08. The highest BCUT2D eigenvalue weighted by atomic mass is 16.5. The summed E-state index contributed by atoms with van der Waals surface area (Å²) in [5.41, 5.74) is 0.879. The topological polar surface area (TPSA) is 87.4 Å². The molecule has 0 bridgehead atoms. The van der Waals surface area contributed by atoms with Gasteiger partial charge < -0.3 is 19.9 Å². The number of aliphatic imine (C=N–C) groups is 1. The van der Waals surface area contributed by atoms with Gasteiger partial charge in [-0.2, -0.15) is 0 Å². The molecule has 2 aromatic heterocycles. The molecule has 31 heavy (non-hydrogen) atoms. The summed E-state index contributed by atoms with van der Waals surface area (Å²) < 4.78 is 7.40. The van der Waals surface area contributed by atoms with Crippen LogP contribution in [0, 0.1) is 5.92 Å². The maximum Gasteiger partial charge on any atom is 0.225 e. The number of ether oxygens (including phenoxy) is 1. The number of pyridine rings is 1. The Bertz CT molecular complexity index is 883. The van der Waals surface area contributed by atoms with E-state index in [2.05, 4.69) is 27.3 Å². The number of nitrogens with zero attached hydrogens (tertiary/aromatic N) is 6. The lowest BCUT2D eigenvalue weighted by molar-refractivity contribution is -0.140. The molecule has 1 N–H and O–H groups in total. The number of fused-ring (bicyclic) bond motifs is 1. The van der Waals surface area contributed by atoms with E-state index in [1.165, 1.54) is 0 Å². The van der Waals surface area contributed by atoms with Gasteiger partial charge in [-0.15, -0.1) is 10.2 Å². The third kappa shape index (κ3) is 5.33. The lowest BCUT2D eigenvalue weighted by atomic mass is 9.95.